The van der Waals surface area contributed by atoms with Gasteiger partial charge in [-0.15, -0.1) is 0 Å². The van der Waals surface area contributed by atoms with E-state index in [1.807, 2.05) is 17.0 Å². The van der Waals surface area contributed by atoms with E-state index in [2.05, 4.69) is 36.4 Å². The summed E-state index contributed by atoms with van der Waals surface area (Å²) in [5.41, 5.74) is 0.954. The van der Waals surface area contributed by atoms with Crippen molar-refractivity contribution in [3.8, 4) is 0 Å². The van der Waals surface area contributed by atoms with Gasteiger partial charge in [-0.05, 0) is 52.6 Å². The fraction of sp³-hybridized carbons (Fsp3) is 0.462. The molecule has 0 aliphatic carbocycles. The van der Waals surface area contributed by atoms with E-state index in [4.69, 9.17) is 11.6 Å². The number of benzene rings is 1. The summed E-state index contributed by atoms with van der Waals surface area (Å²) in [4.78, 5) is 14.3. The lowest BCUT2D eigenvalue weighted by Gasteiger charge is -2.20. The minimum atomic E-state index is 0.0995. The number of rotatable bonds is 1. The van der Waals surface area contributed by atoms with Crippen LogP contribution >= 0.6 is 34.2 Å². The molecule has 1 fully saturated rings. The van der Waals surface area contributed by atoms with Crippen LogP contribution in [0.25, 0.3) is 0 Å². The summed E-state index contributed by atoms with van der Waals surface area (Å²) >= 11 is 8.13. The van der Waals surface area contributed by atoms with Crippen LogP contribution < -0.4 is 0 Å². The van der Waals surface area contributed by atoms with E-state index >= 15 is 0 Å². The number of hydrogen-bond acceptors (Lipinski definition) is 1. The van der Waals surface area contributed by atoms with E-state index in [9.17, 15) is 4.79 Å². The predicted molar refractivity (Wildman–Crippen MR) is 78.5 cm³/mol. The van der Waals surface area contributed by atoms with Crippen molar-refractivity contribution < 1.29 is 4.79 Å². The molecule has 1 heterocycles. The summed E-state index contributed by atoms with van der Waals surface area (Å²) in [6.07, 6.45) is 1.07. The highest BCUT2D eigenvalue weighted by Gasteiger charge is 2.32. The molecule has 4 heteroatoms. The Morgan fingerprint density at radius 1 is 1.47 bits per heavy atom. The molecule has 1 aromatic rings. The van der Waals surface area contributed by atoms with Gasteiger partial charge in [0.25, 0.3) is 5.91 Å². The van der Waals surface area contributed by atoms with Crippen LogP contribution in [0.3, 0.4) is 0 Å². The maximum absolute atomic E-state index is 12.4. The highest BCUT2D eigenvalue weighted by atomic mass is 127. The first kappa shape index (κ1) is 13.1. The maximum Gasteiger partial charge on any atom is 0.254 e. The van der Waals surface area contributed by atoms with Gasteiger partial charge in [-0.3, -0.25) is 4.79 Å². The van der Waals surface area contributed by atoms with Crippen molar-refractivity contribution in [1.82, 2.24) is 4.90 Å². The Bertz CT molecular complexity index is 459. The summed E-state index contributed by atoms with van der Waals surface area (Å²) in [6, 6.07) is 5.46. The molecule has 1 amide bonds. The lowest BCUT2D eigenvalue weighted by Crippen LogP contribution is -2.30. The first-order valence-corrected chi connectivity index (χ1v) is 7.09. The van der Waals surface area contributed by atoms with E-state index in [-0.39, 0.29) is 11.3 Å². The Morgan fingerprint density at radius 3 is 2.76 bits per heavy atom. The average Bonchev–Trinajstić information content (AvgIpc) is 2.61. The lowest BCUT2D eigenvalue weighted by atomic mass is 9.93. The van der Waals surface area contributed by atoms with Crippen LogP contribution in [-0.2, 0) is 0 Å². The molecule has 0 bridgehead atoms. The number of carbonyl (C=O) groups is 1. The number of hydrogen-bond donors (Lipinski definition) is 0. The molecule has 0 saturated carbocycles. The van der Waals surface area contributed by atoms with Crippen molar-refractivity contribution in [2.75, 3.05) is 13.1 Å². The quantitative estimate of drug-likeness (QED) is 0.695. The summed E-state index contributed by atoms with van der Waals surface area (Å²) in [7, 11) is 0. The number of halogens is 2. The molecule has 0 N–H and O–H groups in total. The molecule has 2 nitrogen and oxygen atoms in total. The van der Waals surface area contributed by atoms with E-state index in [0.717, 1.165) is 28.6 Å². The van der Waals surface area contributed by atoms with Gasteiger partial charge in [0.2, 0.25) is 0 Å². The second kappa shape index (κ2) is 4.76. The third kappa shape index (κ3) is 2.94. The van der Waals surface area contributed by atoms with Crippen LogP contribution in [0.4, 0.5) is 0 Å². The minimum Gasteiger partial charge on any atom is -0.338 e. The van der Waals surface area contributed by atoms with Gasteiger partial charge in [0, 0.05) is 21.7 Å². The highest BCUT2D eigenvalue weighted by molar-refractivity contribution is 14.1. The van der Waals surface area contributed by atoms with Crippen molar-refractivity contribution >= 4 is 40.1 Å². The zero-order chi connectivity index (χ0) is 12.6. The van der Waals surface area contributed by atoms with Gasteiger partial charge in [-0.25, -0.2) is 0 Å². The van der Waals surface area contributed by atoms with Crippen molar-refractivity contribution in [3.63, 3.8) is 0 Å². The van der Waals surface area contributed by atoms with E-state index in [0.29, 0.717) is 5.02 Å². The number of amides is 1. The Balaban J connectivity index is 2.23. The molecule has 0 atom stereocenters. The molecule has 0 unspecified atom stereocenters. The van der Waals surface area contributed by atoms with Gasteiger partial charge in [0.15, 0.2) is 0 Å². The Kier molecular flexibility index (Phi) is 3.69. The second-order valence-electron chi connectivity index (χ2n) is 5.27. The molecule has 0 spiro atoms. The van der Waals surface area contributed by atoms with Crippen LogP contribution in [0.5, 0.6) is 0 Å². The van der Waals surface area contributed by atoms with E-state index < -0.39 is 0 Å². The standard InChI is InChI=1S/C13H15ClINO/c1-13(2)5-6-16(8-13)12(17)10-7-9(14)3-4-11(10)15/h3-4,7H,5-6,8H2,1-2H3. The van der Waals surface area contributed by atoms with Crippen molar-refractivity contribution in [1.29, 1.82) is 0 Å². The lowest BCUT2D eigenvalue weighted by molar-refractivity contribution is 0.0777. The number of nitrogens with zero attached hydrogens (tertiary/aromatic N) is 1. The third-order valence-electron chi connectivity index (χ3n) is 3.12. The molecule has 0 radical (unpaired) electrons. The molecular formula is C13H15ClINO. The topological polar surface area (TPSA) is 20.3 Å². The molecule has 2 rings (SSSR count). The first-order valence-electron chi connectivity index (χ1n) is 5.63. The third-order valence-corrected chi connectivity index (χ3v) is 4.30. The van der Waals surface area contributed by atoms with Crippen LogP contribution in [0.1, 0.15) is 30.6 Å². The highest BCUT2D eigenvalue weighted by Crippen LogP contribution is 2.30. The van der Waals surface area contributed by atoms with Gasteiger partial charge >= 0.3 is 0 Å². The smallest absolute Gasteiger partial charge is 0.254 e. The molecule has 92 valence electrons. The fourth-order valence-corrected chi connectivity index (χ4v) is 2.86. The number of carbonyl (C=O) groups excluding carboxylic acids is 1. The Hall–Kier alpha value is -0.290. The summed E-state index contributed by atoms with van der Waals surface area (Å²) in [5, 5.41) is 0.618. The van der Waals surface area contributed by atoms with Crippen molar-refractivity contribution in [2.24, 2.45) is 5.41 Å². The largest absolute Gasteiger partial charge is 0.338 e. The second-order valence-corrected chi connectivity index (χ2v) is 6.86. The van der Waals surface area contributed by atoms with Gasteiger partial charge in [-0.2, -0.15) is 0 Å². The van der Waals surface area contributed by atoms with Crippen molar-refractivity contribution in [2.45, 2.75) is 20.3 Å². The summed E-state index contributed by atoms with van der Waals surface area (Å²) in [6.45, 7) is 6.06. The molecule has 1 aliphatic rings. The number of likely N-dealkylation sites (tertiary alicyclic amines) is 1. The SMILES string of the molecule is CC1(C)CCN(C(=O)c2cc(Cl)ccc2I)C1. The van der Waals surface area contributed by atoms with Gasteiger partial charge in [0.05, 0.1) is 5.56 Å². The van der Waals surface area contributed by atoms with Crippen LogP contribution in [0, 0.1) is 8.99 Å². The van der Waals surface area contributed by atoms with Crippen LogP contribution in [-0.4, -0.2) is 23.9 Å². The molecule has 1 saturated heterocycles. The van der Waals surface area contributed by atoms with E-state index in [1.54, 1.807) is 6.07 Å². The van der Waals surface area contributed by atoms with Crippen molar-refractivity contribution in [3.05, 3.63) is 32.4 Å². The fourth-order valence-electron chi connectivity index (χ4n) is 2.12. The Labute approximate surface area is 120 Å². The zero-order valence-electron chi connectivity index (χ0n) is 9.96. The predicted octanol–water partition coefficient (Wildman–Crippen LogP) is 3.82. The summed E-state index contributed by atoms with van der Waals surface area (Å²) < 4.78 is 0.960. The Morgan fingerprint density at radius 2 is 2.18 bits per heavy atom. The summed E-state index contributed by atoms with van der Waals surface area (Å²) in [5.74, 6) is 0.0995. The molecule has 1 aliphatic heterocycles. The van der Waals surface area contributed by atoms with Crippen LogP contribution in [0.2, 0.25) is 5.02 Å². The normalized spacial score (nSPS) is 18.5. The minimum absolute atomic E-state index is 0.0995. The molecular weight excluding hydrogens is 349 g/mol. The van der Waals surface area contributed by atoms with Gasteiger partial charge < -0.3 is 4.90 Å². The molecule has 0 aromatic heterocycles. The van der Waals surface area contributed by atoms with E-state index in [1.165, 1.54) is 0 Å². The van der Waals surface area contributed by atoms with Gasteiger partial charge in [0.1, 0.15) is 0 Å². The molecule has 1 aromatic carbocycles. The zero-order valence-corrected chi connectivity index (χ0v) is 12.9. The van der Waals surface area contributed by atoms with Crippen LogP contribution in [0.15, 0.2) is 18.2 Å². The monoisotopic (exact) mass is 363 g/mol. The molecule has 17 heavy (non-hydrogen) atoms. The first-order chi connectivity index (χ1) is 7.89. The maximum atomic E-state index is 12.4. The average molecular weight is 364 g/mol. The van der Waals surface area contributed by atoms with Gasteiger partial charge in [-0.1, -0.05) is 25.4 Å².